The lowest BCUT2D eigenvalue weighted by Gasteiger charge is -2.31. The first-order valence-corrected chi connectivity index (χ1v) is 5.96. The van der Waals surface area contributed by atoms with Crippen molar-refractivity contribution in [3.05, 3.63) is 0 Å². The van der Waals surface area contributed by atoms with Crippen molar-refractivity contribution in [1.29, 1.82) is 0 Å². The molecular weight excluding hydrogens is 174 g/mol. The van der Waals surface area contributed by atoms with Gasteiger partial charge >= 0.3 is 0 Å². The third kappa shape index (κ3) is 2.94. The Labute approximate surface area is 87.4 Å². The van der Waals surface area contributed by atoms with Gasteiger partial charge in [-0.2, -0.15) is 0 Å². The number of nitrogens with one attached hydrogen (secondary N) is 1. The lowest BCUT2D eigenvalue weighted by atomic mass is 10.0. The van der Waals surface area contributed by atoms with Crippen molar-refractivity contribution in [2.45, 2.75) is 12.8 Å². The summed E-state index contributed by atoms with van der Waals surface area (Å²) >= 11 is 0. The first kappa shape index (κ1) is 10.4. The number of hydrogen-bond acceptors (Lipinski definition) is 3. The predicted octanol–water partition coefficient (Wildman–Crippen LogP) is 0.233. The molecule has 0 bridgehead atoms. The maximum Gasteiger partial charge on any atom is 0.0109 e. The minimum absolute atomic E-state index is 0.915. The zero-order valence-corrected chi connectivity index (χ0v) is 9.34. The van der Waals surface area contributed by atoms with Gasteiger partial charge in [0.25, 0.3) is 0 Å². The minimum atomic E-state index is 0.915. The molecule has 14 heavy (non-hydrogen) atoms. The molecule has 1 N–H and O–H groups in total. The lowest BCUT2D eigenvalue weighted by Crippen LogP contribution is -2.48. The molecule has 0 radical (unpaired) electrons. The summed E-state index contributed by atoms with van der Waals surface area (Å²) in [6.07, 6.45) is 2.83. The Morgan fingerprint density at radius 3 is 2.57 bits per heavy atom. The summed E-state index contributed by atoms with van der Waals surface area (Å²) in [4.78, 5) is 5.08. The first-order chi connectivity index (χ1) is 6.84. The fourth-order valence-electron chi connectivity index (χ4n) is 2.33. The van der Waals surface area contributed by atoms with Gasteiger partial charge in [0.2, 0.25) is 0 Å². The van der Waals surface area contributed by atoms with Crippen LogP contribution in [0.4, 0.5) is 0 Å². The van der Waals surface area contributed by atoms with Crippen molar-refractivity contribution >= 4 is 0 Å². The van der Waals surface area contributed by atoms with Gasteiger partial charge in [-0.25, -0.2) is 0 Å². The molecule has 3 nitrogen and oxygen atoms in total. The second kappa shape index (κ2) is 5.10. The molecule has 0 aliphatic carbocycles. The van der Waals surface area contributed by atoms with Crippen molar-refractivity contribution in [2.75, 3.05) is 52.9 Å². The third-order valence-corrected chi connectivity index (χ3v) is 3.43. The second-order valence-electron chi connectivity index (χ2n) is 4.84. The first-order valence-electron chi connectivity index (χ1n) is 5.96. The summed E-state index contributed by atoms with van der Waals surface area (Å²) in [5, 5.41) is 3.33. The molecule has 0 aromatic rings. The van der Waals surface area contributed by atoms with Crippen LogP contribution in [0.1, 0.15) is 12.8 Å². The van der Waals surface area contributed by atoms with Crippen molar-refractivity contribution in [3.63, 3.8) is 0 Å². The van der Waals surface area contributed by atoms with Gasteiger partial charge in [0.1, 0.15) is 0 Å². The normalized spacial score (nSPS) is 24.4. The summed E-state index contributed by atoms with van der Waals surface area (Å²) in [7, 11) is 2.26. The van der Waals surface area contributed by atoms with Gasteiger partial charge in [0.15, 0.2) is 0 Å². The van der Waals surface area contributed by atoms with Gasteiger partial charge in [-0.05, 0) is 38.9 Å². The minimum Gasteiger partial charge on any atom is -0.316 e. The highest BCUT2D eigenvalue weighted by Gasteiger charge is 2.18. The van der Waals surface area contributed by atoms with Crippen molar-refractivity contribution in [1.82, 2.24) is 15.1 Å². The van der Waals surface area contributed by atoms with Crippen LogP contribution in [0.2, 0.25) is 0 Å². The third-order valence-electron chi connectivity index (χ3n) is 3.43. The number of hydrogen-bond donors (Lipinski definition) is 1. The lowest BCUT2D eigenvalue weighted by molar-refractivity contribution is 0.200. The zero-order valence-electron chi connectivity index (χ0n) is 9.34. The monoisotopic (exact) mass is 197 g/mol. The summed E-state index contributed by atoms with van der Waals surface area (Å²) < 4.78 is 0. The van der Waals surface area contributed by atoms with Crippen LogP contribution in [-0.2, 0) is 0 Å². The smallest absolute Gasteiger partial charge is 0.0109 e. The molecule has 2 heterocycles. The molecule has 2 fully saturated rings. The zero-order chi connectivity index (χ0) is 9.80. The van der Waals surface area contributed by atoms with Crippen LogP contribution < -0.4 is 5.32 Å². The van der Waals surface area contributed by atoms with Crippen LogP contribution in [-0.4, -0.2) is 62.7 Å². The van der Waals surface area contributed by atoms with E-state index in [1.165, 1.54) is 58.7 Å². The molecule has 2 saturated heterocycles. The van der Waals surface area contributed by atoms with Crippen LogP contribution in [0, 0.1) is 5.92 Å². The Morgan fingerprint density at radius 2 is 2.00 bits per heavy atom. The van der Waals surface area contributed by atoms with Gasteiger partial charge in [-0.15, -0.1) is 0 Å². The van der Waals surface area contributed by atoms with E-state index in [4.69, 9.17) is 0 Å². The standard InChI is InChI=1S/C11H23N3/c1-13(10-11-8-12-9-11)6-7-14-4-2-3-5-14/h11-12H,2-10H2,1H3. The molecule has 0 saturated carbocycles. The fraction of sp³-hybridized carbons (Fsp3) is 1.00. The van der Waals surface area contributed by atoms with Gasteiger partial charge in [0.05, 0.1) is 0 Å². The van der Waals surface area contributed by atoms with Crippen molar-refractivity contribution < 1.29 is 0 Å². The number of likely N-dealkylation sites (N-methyl/N-ethyl adjacent to an activating group) is 1. The second-order valence-corrected chi connectivity index (χ2v) is 4.84. The highest BCUT2D eigenvalue weighted by Crippen LogP contribution is 2.08. The van der Waals surface area contributed by atoms with Crippen LogP contribution in [0.15, 0.2) is 0 Å². The van der Waals surface area contributed by atoms with Gasteiger partial charge in [-0.3, -0.25) is 0 Å². The van der Waals surface area contributed by atoms with E-state index in [2.05, 4.69) is 22.2 Å². The average Bonchev–Trinajstić information content (AvgIpc) is 2.60. The molecule has 0 amide bonds. The number of nitrogens with zero attached hydrogens (tertiary/aromatic N) is 2. The molecular formula is C11H23N3. The van der Waals surface area contributed by atoms with Crippen molar-refractivity contribution in [3.8, 4) is 0 Å². The van der Waals surface area contributed by atoms with Gasteiger partial charge in [-0.1, -0.05) is 0 Å². The summed E-state index contributed by atoms with van der Waals surface area (Å²) in [5.41, 5.74) is 0. The Balaban J connectivity index is 1.54. The van der Waals surface area contributed by atoms with Crippen LogP contribution in [0.5, 0.6) is 0 Å². The predicted molar refractivity (Wildman–Crippen MR) is 59.5 cm³/mol. The topological polar surface area (TPSA) is 18.5 Å². The van der Waals surface area contributed by atoms with E-state index >= 15 is 0 Å². The summed E-state index contributed by atoms with van der Waals surface area (Å²) in [5.74, 6) is 0.915. The molecule has 0 spiro atoms. The Kier molecular flexibility index (Phi) is 3.79. The Morgan fingerprint density at radius 1 is 1.29 bits per heavy atom. The average molecular weight is 197 g/mol. The molecule has 2 aliphatic rings. The largest absolute Gasteiger partial charge is 0.316 e. The van der Waals surface area contributed by atoms with E-state index in [0.717, 1.165) is 5.92 Å². The maximum atomic E-state index is 3.33. The van der Waals surface area contributed by atoms with Gasteiger partial charge < -0.3 is 15.1 Å². The van der Waals surface area contributed by atoms with Gasteiger partial charge in [0, 0.05) is 32.7 Å². The van der Waals surface area contributed by atoms with Crippen LogP contribution >= 0.6 is 0 Å². The molecule has 2 rings (SSSR count). The van der Waals surface area contributed by atoms with E-state index < -0.39 is 0 Å². The Bertz CT molecular complexity index is 162. The molecule has 0 unspecified atom stereocenters. The fourth-order valence-corrected chi connectivity index (χ4v) is 2.33. The molecule has 82 valence electrons. The number of likely N-dealkylation sites (tertiary alicyclic amines) is 1. The van der Waals surface area contributed by atoms with E-state index in [-0.39, 0.29) is 0 Å². The SMILES string of the molecule is CN(CCN1CCCC1)CC1CNC1. The van der Waals surface area contributed by atoms with E-state index in [0.29, 0.717) is 0 Å². The van der Waals surface area contributed by atoms with Crippen molar-refractivity contribution in [2.24, 2.45) is 5.92 Å². The molecule has 0 aromatic carbocycles. The van der Waals surface area contributed by atoms with Crippen LogP contribution in [0.3, 0.4) is 0 Å². The van der Waals surface area contributed by atoms with E-state index in [9.17, 15) is 0 Å². The number of rotatable bonds is 5. The van der Waals surface area contributed by atoms with E-state index in [1.54, 1.807) is 0 Å². The Hall–Kier alpha value is -0.120. The van der Waals surface area contributed by atoms with Crippen LogP contribution in [0.25, 0.3) is 0 Å². The molecule has 3 heteroatoms. The highest BCUT2D eigenvalue weighted by molar-refractivity contribution is 4.77. The summed E-state index contributed by atoms with van der Waals surface area (Å²) in [6.45, 7) is 8.92. The molecule has 0 aromatic heterocycles. The quantitative estimate of drug-likeness (QED) is 0.681. The van der Waals surface area contributed by atoms with E-state index in [1.807, 2.05) is 0 Å². The summed E-state index contributed by atoms with van der Waals surface area (Å²) in [6, 6.07) is 0. The highest BCUT2D eigenvalue weighted by atomic mass is 15.2. The molecule has 2 aliphatic heterocycles. The molecule has 0 atom stereocenters. The maximum absolute atomic E-state index is 3.33.